The zero-order chi connectivity index (χ0) is 15.5. The molecule has 0 saturated heterocycles. The number of nitrogens with zero attached hydrogens (tertiary/aromatic N) is 4. The molecule has 0 aliphatic heterocycles. The van der Waals surface area contributed by atoms with E-state index in [1.54, 1.807) is 24.0 Å². The number of anilines is 1. The monoisotopic (exact) mass is 312 g/mol. The van der Waals surface area contributed by atoms with Crippen molar-refractivity contribution in [3.8, 4) is 0 Å². The number of nitrogens with one attached hydrogen (secondary N) is 1. The van der Waals surface area contributed by atoms with Crippen molar-refractivity contribution >= 4 is 15.7 Å². The van der Waals surface area contributed by atoms with Gasteiger partial charge in [-0.3, -0.25) is 4.68 Å². The first-order valence-corrected chi connectivity index (χ1v) is 8.22. The SMILES string of the molecule is CCCn1cc(S(=O)(=O)NCCn2cc(N)cn2)nc1C. The molecule has 2 heterocycles. The summed E-state index contributed by atoms with van der Waals surface area (Å²) in [5, 5.41) is 4.04. The topological polar surface area (TPSA) is 108 Å². The smallest absolute Gasteiger partial charge is 0.259 e. The maximum Gasteiger partial charge on any atom is 0.259 e. The third-order valence-electron chi connectivity index (χ3n) is 2.98. The van der Waals surface area contributed by atoms with E-state index in [1.165, 1.54) is 6.20 Å². The zero-order valence-electron chi connectivity index (χ0n) is 12.2. The Morgan fingerprint density at radius 3 is 2.71 bits per heavy atom. The summed E-state index contributed by atoms with van der Waals surface area (Å²) in [5.74, 6) is 0.692. The summed E-state index contributed by atoms with van der Waals surface area (Å²) < 4.78 is 30.2. The van der Waals surface area contributed by atoms with Crippen molar-refractivity contribution in [3.63, 3.8) is 0 Å². The average Bonchev–Trinajstić information content (AvgIpc) is 2.98. The molecule has 9 heteroatoms. The van der Waals surface area contributed by atoms with Gasteiger partial charge in [0.25, 0.3) is 10.0 Å². The molecule has 0 saturated carbocycles. The third-order valence-corrected chi connectivity index (χ3v) is 4.31. The highest BCUT2D eigenvalue weighted by molar-refractivity contribution is 7.89. The Morgan fingerprint density at radius 2 is 2.10 bits per heavy atom. The highest BCUT2D eigenvalue weighted by atomic mass is 32.2. The van der Waals surface area contributed by atoms with Gasteiger partial charge in [0, 0.05) is 25.5 Å². The van der Waals surface area contributed by atoms with Crippen LogP contribution in [0.25, 0.3) is 0 Å². The summed E-state index contributed by atoms with van der Waals surface area (Å²) >= 11 is 0. The van der Waals surface area contributed by atoms with Crippen LogP contribution >= 0.6 is 0 Å². The van der Waals surface area contributed by atoms with Gasteiger partial charge in [-0.15, -0.1) is 0 Å². The van der Waals surface area contributed by atoms with E-state index in [9.17, 15) is 8.42 Å². The summed E-state index contributed by atoms with van der Waals surface area (Å²) in [6.45, 7) is 5.21. The number of imidazole rings is 1. The molecule has 21 heavy (non-hydrogen) atoms. The van der Waals surface area contributed by atoms with Crippen molar-refractivity contribution in [3.05, 3.63) is 24.4 Å². The first-order valence-electron chi connectivity index (χ1n) is 6.73. The molecule has 2 aromatic heterocycles. The Kier molecular flexibility index (Phi) is 4.63. The minimum absolute atomic E-state index is 0.0495. The van der Waals surface area contributed by atoms with Gasteiger partial charge in [0.15, 0.2) is 5.03 Å². The molecule has 2 rings (SSSR count). The normalized spacial score (nSPS) is 11.9. The fourth-order valence-electron chi connectivity index (χ4n) is 1.95. The number of nitrogens with two attached hydrogens (primary N) is 1. The van der Waals surface area contributed by atoms with Crippen molar-refractivity contribution in [1.82, 2.24) is 24.1 Å². The second-order valence-corrected chi connectivity index (χ2v) is 6.47. The summed E-state index contributed by atoms with van der Waals surface area (Å²) in [6.07, 6.45) is 5.65. The summed E-state index contributed by atoms with van der Waals surface area (Å²) in [6, 6.07) is 0. The van der Waals surface area contributed by atoms with Gasteiger partial charge in [0.1, 0.15) is 5.82 Å². The van der Waals surface area contributed by atoms with Gasteiger partial charge in [-0.25, -0.2) is 18.1 Å². The van der Waals surface area contributed by atoms with Crippen molar-refractivity contribution in [2.75, 3.05) is 12.3 Å². The predicted molar refractivity (Wildman–Crippen MR) is 79.1 cm³/mol. The average molecular weight is 312 g/mol. The molecule has 2 aromatic rings. The number of hydrogen-bond donors (Lipinski definition) is 2. The van der Waals surface area contributed by atoms with Crippen molar-refractivity contribution in [2.24, 2.45) is 0 Å². The molecule has 8 nitrogen and oxygen atoms in total. The van der Waals surface area contributed by atoms with Crippen LogP contribution in [0.3, 0.4) is 0 Å². The number of rotatable bonds is 7. The van der Waals surface area contributed by atoms with Gasteiger partial charge in [0.2, 0.25) is 0 Å². The lowest BCUT2D eigenvalue weighted by Crippen LogP contribution is -2.27. The van der Waals surface area contributed by atoms with E-state index in [-0.39, 0.29) is 11.6 Å². The summed E-state index contributed by atoms with van der Waals surface area (Å²) in [4.78, 5) is 4.10. The van der Waals surface area contributed by atoms with Crippen LogP contribution in [0.15, 0.2) is 23.6 Å². The third kappa shape index (κ3) is 3.82. The zero-order valence-corrected chi connectivity index (χ0v) is 13.0. The standard InChI is InChI=1S/C12H20N6O2S/c1-3-5-17-9-12(16-10(17)2)21(19,20)15-4-6-18-8-11(13)7-14-18/h7-9,15H,3-6,13H2,1-2H3. The van der Waals surface area contributed by atoms with Crippen LogP contribution in [0.4, 0.5) is 5.69 Å². The molecule has 0 radical (unpaired) electrons. The van der Waals surface area contributed by atoms with Gasteiger partial charge in [-0.1, -0.05) is 6.92 Å². The van der Waals surface area contributed by atoms with E-state index in [1.807, 2.05) is 11.5 Å². The Hall–Kier alpha value is -1.87. The Balaban J connectivity index is 1.99. The van der Waals surface area contributed by atoms with E-state index < -0.39 is 10.0 Å². The van der Waals surface area contributed by atoms with Crippen LogP contribution in [0.2, 0.25) is 0 Å². The summed E-state index contributed by atoms with van der Waals surface area (Å²) in [7, 11) is -3.60. The summed E-state index contributed by atoms with van der Waals surface area (Å²) in [5.41, 5.74) is 6.09. The molecule has 116 valence electrons. The minimum atomic E-state index is -3.60. The lowest BCUT2D eigenvalue weighted by Gasteiger charge is -2.04. The van der Waals surface area contributed by atoms with Crippen LogP contribution in [0.1, 0.15) is 19.2 Å². The molecule has 0 atom stereocenters. The number of aromatic nitrogens is 4. The number of sulfonamides is 1. The van der Waals surface area contributed by atoms with Gasteiger partial charge in [-0.2, -0.15) is 5.10 Å². The molecule has 0 fully saturated rings. The van der Waals surface area contributed by atoms with Gasteiger partial charge < -0.3 is 10.3 Å². The second-order valence-electron chi connectivity index (χ2n) is 4.75. The van der Waals surface area contributed by atoms with Crippen molar-refractivity contribution < 1.29 is 8.42 Å². The Morgan fingerprint density at radius 1 is 1.33 bits per heavy atom. The van der Waals surface area contributed by atoms with E-state index in [0.717, 1.165) is 13.0 Å². The van der Waals surface area contributed by atoms with Crippen molar-refractivity contribution in [1.29, 1.82) is 0 Å². The molecule has 3 N–H and O–H groups in total. The van der Waals surface area contributed by atoms with E-state index >= 15 is 0 Å². The van der Waals surface area contributed by atoms with Crippen molar-refractivity contribution in [2.45, 2.75) is 38.4 Å². The molecule has 0 bridgehead atoms. The molecular formula is C12H20N6O2S. The quantitative estimate of drug-likeness (QED) is 0.767. The molecule has 0 amide bonds. The minimum Gasteiger partial charge on any atom is -0.396 e. The number of hydrogen-bond acceptors (Lipinski definition) is 5. The lowest BCUT2D eigenvalue weighted by molar-refractivity contribution is 0.558. The van der Waals surface area contributed by atoms with Crippen LogP contribution in [-0.4, -0.2) is 34.3 Å². The fraction of sp³-hybridized carbons (Fsp3) is 0.500. The maximum atomic E-state index is 12.2. The largest absolute Gasteiger partial charge is 0.396 e. The van der Waals surface area contributed by atoms with E-state index in [0.29, 0.717) is 18.1 Å². The molecule has 0 unspecified atom stereocenters. The first-order chi connectivity index (χ1) is 9.92. The highest BCUT2D eigenvalue weighted by Gasteiger charge is 2.18. The second kappa shape index (κ2) is 6.27. The molecule has 0 aromatic carbocycles. The first kappa shape index (κ1) is 15.5. The predicted octanol–water partition coefficient (Wildman–Crippen LogP) is 0.359. The number of nitrogen functional groups attached to an aromatic ring is 1. The molecule has 0 aliphatic rings. The molecule has 0 aliphatic carbocycles. The highest BCUT2D eigenvalue weighted by Crippen LogP contribution is 2.09. The Labute approximate surface area is 124 Å². The van der Waals surface area contributed by atoms with Crippen LogP contribution in [0, 0.1) is 6.92 Å². The lowest BCUT2D eigenvalue weighted by atomic mass is 10.5. The fourth-order valence-corrected chi connectivity index (χ4v) is 2.97. The van der Waals surface area contributed by atoms with Crippen LogP contribution < -0.4 is 10.5 Å². The van der Waals surface area contributed by atoms with E-state index in [2.05, 4.69) is 14.8 Å². The van der Waals surface area contributed by atoms with Crippen LogP contribution in [0.5, 0.6) is 0 Å². The van der Waals surface area contributed by atoms with E-state index in [4.69, 9.17) is 5.73 Å². The Bertz CT molecular complexity index is 703. The van der Waals surface area contributed by atoms with Gasteiger partial charge >= 0.3 is 0 Å². The maximum absolute atomic E-state index is 12.2. The molecular weight excluding hydrogens is 292 g/mol. The van der Waals surface area contributed by atoms with Gasteiger partial charge in [0.05, 0.1) is 18.4 Å². The molecule has 0 spiro atoms. The van der Waals surface area contributed by atoms with Crippen LogP contribution in [-0.2, 0) is 23.1 Å². The van der Waals surface area contributed by atoms with Gasteiger partial charge in [-0.05, 0) is 13.3 Å². The number of aryl methyl sites for hydroxylation is 2.